The van der Waals surface area contributed by atoms with Gasteiger partial charge in [0.1, 0.15) is 11.2 Å². The number of hydrogen-bond acceptors (Lipinski definition) is 3. The zero-order valence-corrected chi connectivity index (χ0v) is 23.4. The third-order valence-corrected chi connectivity index (χ3v) is 8.29. The van der Waals surface area contributed by atoms with Crippen molar-refractivity contribution < 1.29 is 28.5 Å². The summed E-state index contributed by atoms with van der Waals surface area (Å²) in [6.07, 6.45) is 6.89. The number of benzene rings is 3. The number of halogens is 1. The number of thioether (sulfide) groups is 1. The van der Waals surface area contributed by atoms with Crippen LogP contribution in [0.5, 0.6) is 0 Å². The van der Waals surface area contributed by atoms with E-state index in [-0.39, 0.29) is 24.0 Å². The molecule has 0 N–H and O–H groups in total. The van der Waals surface area contributed by atoms with E-state index >= 15 is 0 Å². The average molecular weight is 597 g/mol. The van der Waals surface area contributed by atoms with Gasteiger partial charge in [0, 0.05) is 23.6 Å². The van der Waals surface area contributed by atoms with Crippen LogP contribution in [-0.2, 0) is 13.0 Å². The molecule has 0 atom stereocenters. The van der Waals surface area contributed by atoms with Crippen molar-refractivity contribution in [3.63, 3.8) is 0 Å². The van der Waals surface area contributed by atoms with Crippen LogP contribution in [0.15, 0.2) is 100 Å². The third kappa shape index (κ3) is 5.26. The zero-order valence-electron chi connectivity index (χ0n) is 19.6. The Bertz CT molecular complexity index is 1320. The van der Waals surface area contributed by atoms with Crippen molar-refractivity contribution in [1.29, 1.82) is 0 Å². The maximum Gasteiger partial charge on any atom is 0.263 e. The number of para-hydroxylation sites is 2. The molecule has 0 aliphatic carbocycles. The number of allylic oxidation sites excluding steroid dienone is 2. The molecule has 34 heavy (non-hydrogen) atoms. The van der Waals surface area contributed by atoms with Gasteiger partial charge in [0.15, 0.2) is 0 Å². The normalized spacial score (nSPS) is 14.5. The third-order valence-electron chi connectivity index (χ3n) is 6.07. The van der Waals surface area contributed by atoms with Crippen LogP contribution in [0.3, 0.4) is 0 Å². The number of fused-ring (bicyclic) bond motifs is 2. The highest BCUT2D eigenvalue weighted by Gasteiger charge is 2.24. The summed E-state index contributed by atoms with van der Waals surface area (Å²) >= 11 is 3.77. The second kappa shape index (κ2) is 11.6. The Morgan fingerprint density at radius 1 is 0.912 bits per heavy atom. The number of aromatic nitrogens is 1. The van der Waals surface area contributed by atoms with E-state index in [9.17, 15) is 0 Å². The monoisotopic (exact) mass is 596 g/mol. The molecule has 0 fully saturated rings. The van der Waals surface area contributed by atoms with Crippen LogP contribution >= 0.6 is 23.1 Å². The minimum Gasteiger partial charge on any atom is -1.00 e. The molecule has 5 heteroatoms. The van der Waals surface area contributed by atoms with Crippen LogP contribution in [0.1, 0.15) is 30.8 Å². The fourth-order valence-corrected chi connectivity index (χ4v) is 6.81. The quantitative estimate of drug-likeness (QED) is 0.226. The molecule has 0 bridgehead atoms. The Hall–Kier alpha value is -2.09. The van der Waals surface area contributed by atoms with Gasteiger partial charge in [0.05, 0.1) is 10.7 Å². The summed E-state index contributed by atoms with van der Waals surface area (Å²) in [5.41, 5.74) is 5.41. The van der Waals surface area contributed by atoms with Crippen LogP contribution in [0, 0.1) is 0 Å². The van der Waals surface area contributed by atoms with E-state index in [2.05, 4.69) is 114 Å². The van der Waals surface area contributed by atoms with E-state index < -0.39 is 0 Å². The smallest absolute Gasteiger partial charge is 0.263 e. The molecule has 1 aliphatic heterocycles. The maximum atomic E-state index is 2.44. The molecule has 4 aromatic rings. The van der Waals surface area contributed by atoms with Crippen LogP contribution in [0.2, 0.25) is 0 Å². The Kier molecular flexibility index (Phi) is 8.51. The van der Waals surface area contributed by atoms with Gasteiger partial charge >= 0.3 is 0 Å². The van der Waals surface area contributed by atoms with Crippen LogP contribution in [0.25, 0.3) is 16.3 Å². The van der Waals surface area contributed by atoms with Crippen molar-refractivity contribution in [3.05, 3.63) is 106 Å². The molecule has 1 aromatic heterocycles. The highest BCUT2D eigenvalue weighted by Crippen LogP contribution is 2.46. The molecule has 0 saturated heterocycles. The summed E-state index contributed by atoms with van der Waals surface area (Å²) < 4.78 is 3.79. The summed E-state index contributed by atoms with van der Waals surface area (Å²) in [6.45, 7) is 6.42. The van der Waals surface area contributed by atoms with Crippen LogP contribution < -0.4 is 33.4 Å². The lowest BCUT2D eigenvalue weighted by atomic mass is 10.0. The summed E-state index contributed by atoms with van der Waals surface area (Å²) in [5.74, 6) is 0. The first-order valence-electron chi connectivity index (χ1n) is 11.7. The van der Waals surface area contributed by atoms with Crippen molar-refractivity contribution >= 4 is 45.1 Å². The Balaban J connectivity index is 0.00000274. The van der Waals surface area contributed by atoms with Gasteiger partial charge < -0.3 is 28.9 Å². The summed E-state index contributed by atoms with van der Waals surface area (Å²) in [4.78, 5) is 3.79. The first kappa shape index (κ1) is 25.0. The van der Waals surface area contributed by atoms with Crippen molar-refractivity contribution in [2.75, 3.05) is 11.4 Å². The molecule has 174 valence electrons. The largest absolute Gasteiger partial charge is 1.00 e. The predicted octanol–water partition coefficient (Wildman–Crippen LogP) is 4.70. The second-order valence-corrected chi connectivity index (χ2v) is 10.3. The highest BCUT2D eigenvalue weighted by molar-refractivity contribution is 8.03. The van der Waals surface area contributed by atoms with Crippen molar-refractivity contribution in [2.45, 2.75) is 38.1 Å². The van der Waals surface area contributed by atoms with Gasteiger partial charge in [-0.3, -0.25) is 0 Å². The molecule has 3 aromatic carbocycles. The van der Waals surface area contributed by atoms with Crippen LogP contribution in [0.4, 0.5) is 5.69 Å². The molecule has 5 rings (SSSR count). The van der Waals surface area contributed by atoms with Gasteiger partial charge in [-0.2, -0.15) is 4.57 Å². The van der Waals surface area contributed by atoms with Crippen molar-refractivity contribution in [3.8, 4) is 0 Å². The van der Waals surface area contributed by atoms with Gasteiger partial charge in [-0.15, -0.1) is 0 Å². The number of aryl methyl sites for hydroxylation is 2. The van der Waals surface area contributed by atoms with E-state index in [1.807, 2.05) is 23.1 Å². The Labute approximate surface area is 228 Å². The number of hydrogen-bond donors (Lipinski definition) is 0. The molecule has 2 heterocycles. The fraction of sp³-hybridized carbons (Fsp3) is 0.207. The van der Waals surface area contributed by atoms with Crippen LogP contribution in [-0.4, -0.2) is 6.54 Å². The molecule has 0 spiro atoms. The lowest BCUT2D eigenvalue weighted by Crippen LogP contribution is -3.00. The molecular formula is C29H29IN2S2. The summed E-state index contributed by atoms with van der Waals surface area (Å²) in [5, 5.41) is 2.64. The standard InChI is InChI=1S/C29H29N2S2.HI/c1-3-30-24-14-8-10-16-26(24)32-28(30)20-23(19-18-22-12-6-5-7-13-22)21-29-31(4-2)25-15-9-11-17-27(25)33-29;/h5-17,20-21H,3-4,18-19H2,1-2H3;1H/q+1;/p-1. The van der Waals surface area contributed by atoms with Gasteiger partial charge in [-0.05, 0) is 62.1 Å². The van der Waals surface area contributed by atoms with Gasteiger partial charge in [0.2, 0.25) is 5.52 Å². The van der Waals surface area contributed by atoms with Crippen molar-refractivity contribution in [2.24, 2.45) is 0 Å². The number of thiazole rings is 1. The minimum absolute atomic E-state index is 0. The highest BCUT2D eigenvalue weighted by atomic mass is 127. The molecule has 0 radical (unpaired) electrons. The van der Waals surface area contributed by atoms with E-state index in [0.29, 0.717) is 0 Å². The van der Waals surface area contributed by atoms with E-state index in [4.69, 9.17) is 0 Å². The lowest BCUT2D eigenvalue weighted by molar-refractivity contribution is -0.665. The molecule has 0 amide bonds. The van der Waals surface area contributed by atoms with Gasteiger partial charge in [-0.1, -0.05) is 77.7 Å². The first-order chi connectivity index (χ1) is 16.3. The predicted molar refractivity (Wildman–Crippen MR) is 144 cm³/mol. The number of nitrogens with zero attached hydrogens (tertiary/aromatic N) is 2. The summed E-state index contributed by atoms with van der Waals surface area (Å²) in [7, 11) is 0. The average Bonchev–Trinajstić information content (AvgIpc) is 3.39. The zero-order chi connectivity index (χ0) is 22.6. The van der Waals surface area contributed by atoms with E-state index in [0.717, 1.165) is 25.9 Å². The topological polar surface area (TPSA) is 7.12 Å². The minimum atomic E-state index is 0. The van der Waals surface area contributed by atoms with Crippen molar-refractivity contribution in [1.82, 2.24) is 0 Å². The lowest BCUT2D eigenvalue weighted by Gasteiger charge is -2.18. The van der Waals surface area contributed by atoms with Gasteiger partial charge in [-0.25, -0.2) is 0 Å². The molecular weight excluding hydrogens is 567 g/mol. The molecule has 1 aliphatic rings. The Morgan fingerprint density at radius 3 is 2.44 bits per heavy atom. The molecule has 0 saturated carbocycles. The number of rotatable bonds is 7. The Morgan fingerprint density at radius 2 is 1.65 bits per heavy atom. The van der Waals surface area contributed by atoms with E-state index in [1.54, 1.807) is 0 Å². The fourth-order valence-electron chi connectivity index (χ4n) is 4.41. The number of anilines is 1. The van der Waals surface area contributed by atoms with Gasteiger partial charge in [0.25, 0.3) is 5.01 Å². The summed E-state index contributed by atoms with van der Waals surface area (Å²) in [6, 6.07) is 28.3. The SMILES string of the molecule is CCN1/C(=C/C(=C/c2sc3ccccc3[n+]2CC)CCc2ccccc2)Sc2ccccc21.[I-]. The first-order valence-corrected chi connectivity index (χ1v) is 13.3. The second-order valence-electron chi connectivity index (χ2n) is 8.15. The molecule has 0 unspecified atom stereocenters. The molecule has 2 nitrogen and oxygen atoms in total. The van der Waals surface area contributed by atoms with E-state index in [1.165, 1.54) is 42.0 Å². The maximum absolute atomic E-state index is 2.44.